The van der Waals surface area contributed by atoms with Gasteiger partial charge in [0.1, 0.15) is 12.0 Å². The van der Waals surface area contributed by atoms with Gasteiger partial charge in [0.25, 0.3) is 11.6 Å². The number of carbonyl (C=O) groups is 1. The van der Waals surface area contributed by atoms with Gasteiger partial charge < -0.3 is 0 Å². The number of nitro benzene ring substituents is 1. The number of fused-ring (bicyclic) bond motifs is 1. The van der Waals surface area contributed by atoms with Gasteiger partial charge in [-0.2, -0.15) is 10.2 Å². The summed E-state index contributed by atoms with van der Waals surface area (Å²) in [7, 11) is 0. The summed E-state index contributed by atoms with van der Waals surface area (Å²) in [5.74, 6) is -0.0645. The second-order valence-corrected chi connectivity index (χ2v) is 5.60. The van der Waals surface area contributed by atoms with Crippen molar-refractivity contribution in [3.63, 3.8) is 0 Å². The second kappa shape index (κ2) is 8.45. The van der Waals surface area contributed by atoms with Crippen molar-refractivity contribution in [3.05, 3.63) is 70.5 Å². The first-order valence-corrected chi connectivity index (χ1v) is 8.12. The molecule has 0 fully saturated rings. The highest BCUT2D eigenvalue weighted by molar-refractivity contribution is 6.38. The fourth-order valence-electron chi connectivity index (χ4n) is 2.25. The van der Waals surface area contributed by atoms with E-state index in [4.69, 9.17) is 0 Å². The van der Waals surface area contributed by atoms with Crippen molar-refractivity contribution in [2.24, 2.45) is 10.2 Å². The number of carbonyl (C=O) groups excluding carboxylic acids is 1. The Kier molecular flexibility index (Phi) is 5.60. The molecule has 0 unspecified atom stereocenters. The fraction of sp³-hybridized carbons (Fsp3) is 0.0556. The number of benzene rings is 2. The van der Waals surface area contributed by atoms with E-state index in [2.05, 4.69) is 31.0 Å². The van der Waals surface area contributed by atoms with Crippen LogP contribution in [-0.4, -0.2) is 32.7 Å². The zero-order valence-corrected chi connectivity index (χ0v) is 14.7. The Labute approximate surface area is 159 Å². The molecule has 3 rings (SSSR count). The molecule has 1 amide bonds. The van der Waals surface area contributed by atoms with Crippen molar-refractivity contribution < 1.29 is 9.72 Å². The van der Waals surface area contributed by atoms with Crippen LogP contribution in [0.1, 0.15) is 12.5 Å². The maximum absolute atomic E-state index is 12.1. The third-order valence-corrected chi connectivity index (χ3v) is 3.66. The number of amides is 1. The molecule has 0 aliphatic carbocycles. The van der Waals surface area contributed by atoms with Gasteiger partial charge in [-0.25, -0.2) is 15.4 Å². The van der Waals surface area contributed by atoms with Crippen LogP contribution in [0.25, 0.3) is 10.9 Å². The van der Waals surface area contributed by atoms with Crippen molar-refractivity contribution in [1.29, 1.82) is 0 Å². The van der Waals surface area contributed by atoms with E-state index < -0.39 is 10.8 Å². The van der Waals surface area contributed by atoms with Crippen LogP contribution in [0.5, 0.6) is 0 Å². The number of hydrazone groups is 2. The molecule has 1 aromatic heterocycles. The zero-order valence-electron chi connectivity index (χ0n) is 14.7. The first kappa shape index (κ1) is 18.6. The van der Waals surface area contributed by atoms with Crippen molar-refractivity contribution in [3.8, 4) is 0 Å². The summed E-state index contributed by atoms with van der Waals surface area (Å²) < 4.78 is 0. The Morgan fingerprint density at radius 2 is 2.00 bits per heavy atom. The van der Waals surface area contributed by atoms with Crippen molar-refractivity contribution in [1.82, 2.24) is 15.4 Å². The molecule has 3 aromatic rings. The maximum Gasteiger partial charge on any atom is 0.287 e. The van der Waals surface area contributed by atoms with Gasteiger partial charge >= 0.3 is 0 Å². The van der Waals surface area contributed by atoms with Gasteiger partial charge in [-0.05, 0) is 19.1 Å². The molecule has 0 spiro atoms. The van der Waals surface area contributed by atoms with Crippen LogP contribution in [0.2, 0.25) is 0 Å². The Morgan fingerprint density at radius 3 is 2.82 bits per heavy atom. The SMILES string of the molecule is C/C(=N\Nc1ncnc2ccccc12)C(=O)N/N=C/c1cccc([N+](=O)[O-])c1. The fourth-order valence-corrected chi connectivity index (χ4v) is 2.25. The Hall–Kier alpha value is -4.21. The molecule has 1 heterocycles. The maximum atomic E-state index is 12.1. The lowest BCUT2D eigenvalue weighted by Gasteiger charge is -2.04. The van der Waals surface area contributed by atoms with Gasteiger partial charge in [-0.3, -0.25) is 20.3 Å². The topological polar surface area (TPSA) is 135 Å². The number of aromatic nitrogens is 2. The van der Waals surface area contributed by atoms with E-state index in [0.29, 0.717) is 11.4 Å². The van der Waals surface area contributed by atoms with E-state index in [1.165, 1.54) is 37.7 Å². The molecule has 0 atom stereocenters. The number of rotatable bonds is 6. The Balaban J connectivity index is 1.64. The van der Waals surface area contributed by atoms with Crippen LogP contribution in [0, 0.1) is 10.1 Å². The summed E-state index contributed by atoms with van der Waals surface area (Å²) in [6.07, 6.45) is 2.71. The summed E-state index contributed by atoms with van der Waals surface area (Å²) in [6.45, 7) is 1.51. The van der Waals surface area contributed by atoms with Gasteiger partial charge in [0.05, 0.1) is 16.7 Å². The van der Waals surface area contributed by atoms with Crippen LogP contribution in [0.3, 0.4) is 0 Å². The summed E-state index contributed by atoms with van der Waals surface area (Å²) in [6, 6.07) is 13.3. The number of para-hydroxylation sites is 1. The molecule has 0 saturated heterocycles. The van der Waals surface area contributed by atoms with E-state index in [1.54, 1.807) is 6.07 Å². The van der Waals surface area contributed by atoms with Crippen LogP contribution in [0.4, 0.5) is 11.5 Å². The third kappa shape index (κ3) is 4.49. The summed E-state index contributed by atoms with van der Waals surface area (Å²) in [4.78, 5) is 30.6. The Morgan fingerprint density at radius 1 is 1.18 bits per heavy atom. The Bertz CT molecular complexity index is 1090. The number of anilines is 1. The molecule has 0 bridgehead atoms. The minimum absolute atomic E-state index is 0.0608. The van der Waals surface area contributed by atoms with Crippen LogP contribution in [0.15, 0.2) is 65.1 Å². The lowest BCUT2D eigenvalue weighted by molar-refractivity contribution is -0.384. The molecular weight excluding hydrogens is 362 g/mol. The van der Waals surface area contributed by atoms with Crippen LogP contribution < -0.4 is 10.9 Å². The number of nitrogens with zero attached hydrogens (tertiary/aromatic N) is 5. The zero-order chi connectivity index (χ0) is 19.9. The minimum Gasteiger partial charge on any atom is -0.266 e. The van der Waals surface area contributed by atoms with Crippen LogP contribution >= 0.6 is 0 Å². The molecule has 10 heteroatoms. The lowest BCUT2D eigenvalue weighted by Crippen LogP contribution is -2.25. The molecule has 2 aromatic carbocycles. The predicted octanol–water partition coefficient (Wildman–Crippen LogP) is 2.48. The van der Waals surface area contributed by atoms with Gasteiger partial charge in [-0.15, -0.1) is 0 Å². The van der Waals surface area contributed by atoms with Gasteiger partial charge in [0.2, 0.25) is 0 Å². The molecule has 0 aliphatic rings. The van der Waals surface area contributed by atoms with E-state index in [1.807, 2.05) is 24.3 Å². The van der Waals surface area contributed by atoms with Gasteiger partial charge in [-0.1, -0.05) is 24.3 Å². The van der Waals surface area contributed by atoms with E-state index in [0.717, 1.165) is 10.9 Å². The molecule has 0 aliphatic heterocycles. The number of hydrogen-bond acceptors (Lipinski definition) is 8. The number of hydrogen-bond donors (Lipinski definition) is 2. The highest BCUT2D eigenvalue weighted by atomic mass is 16.6. The quantitative estimate of drug-likeness (QED) is 0.385. The average molecular weight is 377 g/mol. The van der Waals surface area contributed by atoms with Gasteiger partial charge in [0, 0.05) is 23.1 Å². The summed E-state index contributed by atoms with van der Waals surface area (Å²) >= 11 is 0. The highest BCUT2D eigenvalue weighted by Gasteiger charge is 2.07. The standard InChI is InChI=1S/C18H15N7O3/c1-12(22-23-17-15-7-2-3-8-16(15)19-11-20-17)18(26)24-21-10-13-5-4-6-14(9-13)25(27)28/h2-11H,1H3,(H,24,26)(H,19,20,23)/b21-10+,22-12+. The van der Waals surface area contributed by atoms with Crippen molar-refractivity contribution in [2.45, 2.75) is 6.92 Å². The first-order valence-electron chi connectivity index (χ1n) is 8.12. The third-order valence-electron chi connectivity index (χ3n) is 3.66. The average Bonchev–Trinajstić information content (AvgIpc) is 2.72. The summed E-state index contributed by atoms with van der Waals surface area (Å²) in [5.41, 5.74) is 6.35. The normalized spacial score (nSPS) is 11.5. The number of nitro groups is 1. The predicted molar refractivity (Wildman–Crippen MR) is 105 cm³/mol. The van der Waals surface area contributed by atoms with E-state index >= 15 is 0 Å². The lowest BCUT2D eigenvalue weighted by atomic mass is 10.2. The molecular formula is C18H15N7O3. The number of nitrogens with one attached hydrogen (secondary N) is 2. The summed E-state index contributed by atoms with van der Waals surface area (Å²) in [5, 5.41) is 19.3. The first-order chi connectivity index (χ1) is 13.5. The van der Waals surface area contributed by atoms with Crippen LogP contribution in [-0.2, 0) is 4.79 Å². The smallest absolute Gasteiger partial charge is 0.266 e. The minimum atomic E-state index is -0.535. The second-order valence-electron chi connectivity index (χ2n) is 5.60. The van der Waals surface area contributed by atoms with Crippen molar-refractivity contribution >= 4 is 40.2 Å². The van der Waals surface area contributed by atoms with Gasteiger partial charge in [0.15, 0.2) is 5.82 Å². The highest BCUT2D eigenvalue weighted by Crippen LogP contribution is 2.18. The molecule has 0 radical (unpaired) electrons. The molecule has 140 valence electrons. The molecule has 2 N–H and O–H groups in total. The molecule has 0 saturated carbocycles. The van der Waals surface area contributed by atoms with E-state index in [9.17, 15) is 14.9 Å². The molecule has 10 nitrogen and oxygen atoms in total. The monoisotopic (exact) mass is 377 g/mol. The van der Waals surface area contributed by atoms with E-state index in [-0.39, 0.29) is 11.4 Å². The molecule has 28 heavy (non-hydrogen) atoms. The largest absolute Gasteiger partial charge is 0.287 e. The number of non-ortho nitro benzene ring substituents is 1. The van der Waals surface area contributed by atoms with Crippen molar-refractivity contribution in [2.75, 3.05) is 5.43 Å².